The van der Waals surface area contributed by atoms with E-state index in [1.54, 1.807) is 24.8 Å². The number of hydrogen-bond donors (Lipinski definition) is 1. The summed E-state index contributed by atoms with van der Waals surface area (Å²) < 4.78 is 68.8. The number of oxime groups is 1. The topological polar surface area (TPSA) is 164 Å². The van der Waals surface area contributed by atoms with E-state index in [-0.39, 0.29) is 42.8 Å². The average molecular weight is 951 g/mol. The standard InChI is InChI=1S/C51H53F2N4O10P/c1-31-21-32(2)44(41(22-31)66-68(62,63-29-35-13-9-7-10-14-35)64-30-36-15-11-8-12-16-36)50(5,6)25-43(58)65-47-45-49(61)56-28-42(51(20-19-34(56)4)24-33(3)55-67-51)57(45)27-39(46(47)59)48(60)54-26-37-17-18-38(52)23-40(37)53/h7-18,21-23,27,34,42H,19-20,24-26,28-30H2,1-6H3,(H,54,60)/t34-,42+,51-/m0/s1. The number of hydrogen-bond acceptors (Lipinski definition) is 11. The number of carbonyl (C=O) groups is 3. The summed E-state index contributed by atoms with van der Waals surface area (Å²) in [5.41, 5.74) is 0.0657. The molecule has 1 spiro atoms. The molecule has 0 saturated carbocycles. The van der Waals surface area contributed by atoms with E-state index in [1.165, 1.54) is 16.8 Å². The number of rotatable bonds is 15. The van der Waals surface area contributed by atoms with E-state index in [2.05, 4.69) is 10.5 Å². The van der Waals surface area contributed by atoms with Gasteiger partial charge in [0.2, 0.25) is 11.2 Å². The minimum absolute atomic E-state index is 0.0437. The predicted octanol–water partition coefficient (Wildman–Crippen LogP) is 9.58. The number of nitrogens with one attached hydrogen (secondary N) is 1. The van der Waals surface area contributed by atoms with Gasteiger partial charge >= 0.3 is 13.8 Å². The minimum atomic E-state index is -4.40. The number of amides is 2. The van der Waals surface area contributed by atoms with Crippen molar-refractivity contribution in [3.63, 3.8) is 0 Å². The Morgan fingerprint density at radius 3 is 2.22 bits per heavy atom. The number of phosphoric ester groups is 1. The molecular formula is C51H53F2N4O10P. The van der Waals surface area contributed by atoms with Gasteiger partial charge in [0.15, 0.2) is 11.3 Å². The molecule has 68 heavy (non-hydrogen) atoms. The molecule has 14 nitrogen and oxygen atoms in total. The van der Waals surface area contributed by atoms with E-state index in [0.717, 1.165) is 28.5 Å². The molecule has 1 fully saturated rings. The zero-order chi connectivity index (χ0) is 48.5. The molecule has 17 heteroatoms. The van der Waals surface area contributed by atoms with Crippen molar-refractivity contribution in [1.29, 1.82) is 0 Å². The van der Waals surface area contributed by atoms with Gasteiger partial charge in [0.05, 0.1) is 31.4 Å². The molecule has 8 rings (SSSR count). The lowest BCUT2D eigenvalue weighted by Crippen LogP contribution is -2.52. The quantitative estimate of drug-likeness (QED) is 0.0790. The van der Waals surface area contributed by atoms with Gasteiger partial charge in [-0.05, 0) is 74.9 Å². The highest BCUT2D eigenvalue weighted by Crippen LogP contribution is 2.54. The first-order chi connectivity index (χ1) is 32.3. The van der Waals surface area contributed by atoms with Gasteiger partial charge in [-0.3, -0.25) is 28.2 Å². The number of pyridine rings is 1. The summed E-state index contributed by atoms with van der Waals surface area (Å²) in [5, 5.41) is 6.80. The summed E-state index contributed by atoms with van der Waals surface area (Å²) in [6, 6.07) is 23.7. The van der Waals surface area contributed by atoms with Crippen molar-refractivity contribution in [2.45, 2.75) is 110 Å². The largest absolute Gasteiger partial charge is 0.530 e. The van der Waals surface area contributed by atoms with Crippen molar-refractivity contribution in [3.8, 4) is 11.5 Å². The van der Waals surface area contributed by atoms with Crippen LogP contribution in [0.25, 0.3) is 0 Å². The molecule has 3 aliphatic heterocycles. The molecule has 2 amide bonds. The van der Waals surface area contributed by atoms with Crippen molar-refractivity contribution in [2.24, 2.45) is 5.16 Å². The Morgan fingerprint density at radius 2 is 1.60 bits per heavy atom. The van der Waals surface area contributed by atoms with Crippen LogP contribution in [0.1, 0.15) is 114 Å². The maximum Gasteiger partial charge on any atom is 0.530 e. The fourth-order valence-corrected chi connectivity index (χ4v) is 10.6. The maximum absolute atomic E-state index is 14.7. The van der Waals surface area contributed by atoms with Gasteiger partial charge in [0.25, 0.3) is 11.8 Å². The lowest BCUT2D eigenvalue weighted by molar-refractivity contribution is -0.135. The van der Waals surface area contributed by atoms with Crippen LogP contribution >= 0.6 is 7.82 Å². The fourth-order valence-electron chi connectivity index (χ4n) is 9.44. The smallest absolute Gasteiger partial charge is 0.420 e. The number of carbonyl (C=O) groups excluding carboxylic acids is 3. The Morgan fingerprint density at radius 1 is 0.941 bits per heavy atom. The van der Waals surface area contributed by atoms with Crippen LogP contribution in [0.3, 0.4) is 0 Å². The number of nitrogens with zero attached hydrogens (tertiary/aromatic N) is 3. The molecule has 0 radical (unpaired) electrons. The van der Waals surface area contributed by atoms with E-state index < -0.39 is 84.0 Å². The Kier molecular flexibility index (Phi) is 13.6. The van der Waals surface area contributed by atoms with Gasteiger partial charge in [-0.2, -0.15) is 0 Å². The Bertz CT molecular complexity index is 2860. The summed E-state index contributed by atoms with van der Waals surface area (Å²) in [6.07, 6.45) is 2.25. The Balaban J connectivity index is 1.15. The zero-order valence-corrected chi connectivity index (χ0v) is 39.6. The molecule has 4 heterocycles. The van der Waals surface area contributed by atoms with E-state index in [9.17, 15) is 32.5 Å². The summed E-state index contributed by atoms with van der Waals surface area (Å²) in [4.78, 5) is 65.5. The molecule has 1 saturated heterocycles. The highest BCUT2D eigenvalue weighted by molar-refractivity contribution is 7.48. The second-order valence-electron chi connectivity index (χ2n) is 18.4. The van der Waals surface area contributed by atoms with Crippen molar-refractivity contribution >= 4 is 31.3 Å². The molecular weight excluding hydrogens is 898 g/mol. The number of fused-ring (bicyclic) bond motifs is 5. The van der Waals surface area contributed by atoms with Gasteiger partial charge < -0.3 is 28.9 Å². The van der Waals surface area contributed by atoms with Crippen LogP contribution < -0.4 is 20.0 Å². The van der Waals surface area contributed by atoms with Crippen LogP contribution in [0.5, 0.6) is 11.5 Å². The number of ether oxygens (including phenoxy) is 1. The normalized spacial score (nSPS) is 18.9. The number of benzene rings is 4. The molecule has 3 atom stereocenters. The van der Waals surface area contributed by atoms with Crippen molar-refractivity contribution in [1.82, 2.24) is 14.8 Å². The second kappa shape index (κ2) is 19.3. The number of aryl methyl sites for hydroxylation is 2. The van der Waals surface area contributed by atoms with Crippen molar-refractivity contribution in [3.05, 3.63) is 164 Å². The van der Waals surface area contributed by atoms with Crippen LogP contribution in [-0.4, -0.2) is 51.2 Å². The van der Waals surface area contributed by atoms with E-state index in [4.69, 9.17) is 23.1 Å². The molecule has 1 N–H and O–H groups in total. The molecule has 0 unspecified atom stereocenters. The first-order valence-corrected chi connectivity index (χ1v) is 23.8. The van der Waals surface area contributed by atoms with Crippen molar-refractivity contribution < 1.29 is 50.9 Å². The van der Waals surface area contributed by atoms with Crippen molar-refractivity contribution in [2.75, 3.05) is 6.54 Å². The average Bonchev–Trinajstić information content (AvgIpc) is 3.62. The van der Waals surface area contributed by atoms with Crippen LogP contribution in [-0.2, 0) is 48.4 Å². The lowest BCUT2D eigenvalue weighted by Gasteiger charge is -2.42. The highest BCUT2D eigenvalue weighted by Gasteiger charge is 2.54. The van der Waals surface area contributed by atoms with Gasteiger partial charge in [0.1, 0.15) is 22.9 Å². The predicted molar refractivity (Wildman–Crippen MR) is 248 cm³/mol. The van der Waals surface area contributed by atoms with Gasteiger partial charge in [-0.1, -0.05) is 91.8 Å². The summed E-state index contributed by atoms with van der Waals surface area (Å²) in [5.74, 6) is -4.74. The van der Waals surface area contributed by atoms with E-state index in [0.29, 0.717) is 36.5 Å². The minimum Gasteiger partial charge on any atom is -0.420 e. The zero-order valence-electron chi connectivity index (χ0n) is 38.7. The third kappa shape index (κ3) is 10.0. The van der Waals surface area contributed by atoms with E-state index >= 15 is 0 Å². The monoisotopic (exact) mass is 950 g/mol. The van der Waals surface area contributed by atoms with Crippen LogP contribution in [0, 0.1) is 25.5 Å². The fraction of sp³-hybridized carbons (Fsp3) is 0.353. The number of halogens is 2. The molecule has 1 aromatic heterocycles. The van der Waals surface area contributed by atoms with Crippen LogP contribution in [0.2, 0.25) is 0 Å². The molecule has 2 bridgehead atoms. The molecule has 3 aliphatic rings. The first-order valence-electron chi connectivity index (χ1n) is 22.4. The summed E-state index contributed by atoms with van der Waals surface area (Å²) in [7, 11) is -4.40. The summed E-state index contributed by atoms with van der Waals surface area (Å²) in [6.45, 7) is 10.4. The first kappa shape index (κ1) is 48.0. The molecule has 0 aliphatic carbocycles. The molecule has 4 aromatic carbocycles. The third-order valence-electron chi connectivity index (χ3n) is 12.7. The maximum atomic E-state index is 14.7. The Hall–Kier alpha value is -6.48. The second-order valence-corrected chi connectivity index (χ2v) is 20.0. The SMILES string of the molecule is CC1=NO[C@@]2(CC[C@H](C)N3C[C@H]2n2cc(C(=O)NCc4ccc(F)cc4F)c(=O)c(OC(=O)CC(C)(C)c4c(C)cc(C)cc4OP(=O)(OCc4ccccc4)OCc4ccccc4)c2C3=O)C1. The number of aromatic nitrogens is 1. The third-order valence-corrected chi connectivity index (χ3v) is 14.0. The summed E-state index contributed by atoms with van der Waals surface area (Å²) >= 11 is 0. The Labute approximate surface area is 392 Å². The van der Waals surface area contributed by atoms with Gasteiger partial charge in [0, 0.05) is 54.4 Å². The van der Waals surface area contributed by atoms with Gasteiger partial charge in [-0.25, -0.2) is 13.3 Å². The lowest BCUT2D eigenvalue weighted by atomic mass is 9.78. The van der Waals surface area contributed by atoms with E-state index in [1.807, 2.05) is 94.4 Å². The number of phosphoric acid groups is 1. The molecule has 356 valence electrons. The van der Waals surface area contributed by atoms with Crippen LogP contribution in [0.15, 0.2) is 107 Å². The van der Waals surface area contributed by atoms with Crippen LogP contribution in [0.4, 0.5) is 8.78 Å². The molecule has 5 aromatic rings. The van der Waals surface area contributed by atoms with Gasteiger partial charge in [-0.15, -0.1) is 0 Å². The highest BCUT2D eigenvalue weighted by atomic mass is 31.2. The number of esters is 1.